The van der Waals surface area contributed by atoms with Crippen LogP contribution in [0.25, 0.3) is 11.0 Å². The molecule has 0 aliphatic carbocycles. The molecule has 0 bridgehead atoms. The lowest BCUT2D eigenvalue weighted by Crippen LogP contribution is -2.13. The van der Waals surface area contributed by atoms with Crippen molar-refractivity contribution in [1.29, 1.82) is 0 Å². The van der Waals surface area contributed by atoms with Crippen LogP contribution in [0.5, 0.6) is 5.75 Å². The van der Waals surface area contributed by atoms with Crippen LogP contribution in [0.15, 0.2) is 46.9 Å². The molecule has 3 rings (SSSR count). The Morgan fingerprint density at radius 1 is 1.21 bits per heavy atom. The predicted molar refractivity (Wildman–Crippen MR) is 96.1 cm³/mol. The van der Waals surface area contributed by atoms with Crippen LogP contribution in [-0.2, 0) is 0 Å². The number of rotatable bonds is 5. The molecule has 0 aliphatic heterocycles. The summed E-state index contributed by atoms with van der Waals surface area (Å²) in [5, 5.41) is 4.18. The maximum atomic E-state index is 12.6. The standard InChI is InChI=1S/C19H18ClNO3/c1-3-11-23-16-10-5-4-9-15(16)21-19(22)17-12(2)13-7-6-8-14(20)18(13)24-17/h4-10H,3,11H2,1-2H3,(H,21,22). The maximum Gasteiger partial charge on any atom is 0.291 e. The first-order valence-corrected chi connectivity index (χ1v) is 8.20. The molecule has 0 fully saturated rings. The van der Waals surface area contributed by atoms with Crippen LogP contribution in [0, 0.1) is 6.92 Å². The van der Waals surface area contributed by atoms with Crippen molar-refractivity contribution in [2.75, 3.05) is 11.9 Å². The molecule has 0 unspecified atom stereocenters. The maximum absolute atomic E-state index is 12.6. The Labute approximate surface area is 145 Å². The number of benzene rings is 2. The third-order valence-electron chi connectivity index (χ3n) is 3.72. The highest BCUT2D eigenvalue weighted by atomic mass is 35.5. The monoisotopic (exact) mass is 343 g/mol. The fraction of sp³-hybridized carbons (Fsp3) is 0.211. The van der Waals surface area contributed by atoms with Gasteiger partial charge in [-0.15, -0.1) is 0 Å². The lowest BCUT2D eigenvalue weighted by molar-refractivity contribution is 0.0997. The first-order valence-electron chi connectivity index (χ1n) is 7.82. The van der Waals surface area contributed by atoms with Gasteiger partial charge in [-0.3, -0.25) is 4.79 Å². The molecule has 0 radical (unpaired) electrons. The van der Waals surface area contributed by atoms with E-state index in [9.17, 15) is 4.79 Å². The summed E-state index contributed by atoms with van der Waals surface area (Å²) in [5.41, 5.74) is 1.90. The van der Waals surface area contributed by atoms with E-state index in [1.54, 1.807) is 12.1 Å². The molecule has 0 saturated carbocycles. The first kappa shape index (κ1) is 16.4. The topological polar surface area (TPSA) is 51.5 Å². The summed E-state index contributed by atoms with van der Waals surface area (Å²) in [4.78, 5) is 12.6. The molecule has 1 N–H and O–H groups in total. The third-order valence-corrected chi connectivity index (χ3v) is 4.02. The van der Waals surface area contributed by atoms with Crippen molar-refractivity contribution in [2.45, 2.75) is 20.3 Å². The summed E-state index contributed by atoms with van der Waals surface area (Å²) in [6, 6.07) is 12.8. The molecular weight excluding hydrogens is 326 g/mol. The fourth-order valence-corrected chi connectivity index (χ4v) is 2.73. The Morgan fingerprint density at radius 3 is 2.75 bits per heavy atom. The molecule has 4 nitrogen and oxygen atoms in total. The highest BCUT2D eigenvalue weighted by Gasteiger charge is 2.20. The number of amides is 1. The molecule has 1 heterocycles. The number of nitrogens with one attached hydrogen (secondary N) is 1. The van der Waals surface area contributed by atoms with Crippen molar-refractivity contribution < 1.29 is 13.9 Å². The van der Waals surface area contributed by atoms with Crippen molar-refractivity contribution in [1.82, 2.24) is 0 Å². The van der Waals surface area contributed by atoms with E-state index in [-0.39, 0.29) is 11.7 Å². The Kier molecular flexibility index (Phi) is 4.76. The van der Waals surface area contributed by atoms with Crippen molar-refractivity contribution in [2.24, 2.45) is 0 Å². The number of carbonyl (C=O) groups excluding carboxylic acids is 1. The van der Waals surface area contributed by atoms with Crippen LogP contribution in [0.3, 0.4) is 0 Å². The van der Waals surface area contributed by atoms with Gasteiger partial charge in [-0.1, -0.05) is 42.8 Å². The Hall–Kier alpha value is -2.46. The molecule has 0 spiro atoms. The zero-order valence-corrected chi connectivity index (χ0v) is 14.3. The summed E-state index contributed by atoms with van der Waals surface area (Å²) in [6.07, 6.45) is 0.892. The smallest absolute Gasteiger partial charge is 0.291 e. The van der Waals surface area contributed by atoms with E-state index in [1.165, 1.54) is 0 Å². The van der Waals surface area contributed by atoms with E-state index in [0.717, 1.165) is 17.4 Å². The van der Waals surface area contributed by atoms with Gasteiger partial charge in [0, 0.05) is 10.9 Å². The van der Waals surface area contributed by atoms with Gasteiger partial charge in [0.25, 0.3) is 5.91 Å². The number of halogens is 1. The minimum atomic E-state index is -0.327. The Balaban J connectivity index is 1.91. The fourth-order valence-electron chi connectivity index (χ4n) is 2.51. The number of hydrogen-bond acceptors (Lipinski definition) is 3. The van der Waals surface area contributed by atoms with Crippen molar-refractivity contribution >= 4 is 34.2 Å². The molecule has 24 heavy (non-hydrogen) atoms. The van der Waals surface area contributed by atoms with Gasteiger partial charge in [0.05, 0.1) is 17.3 Å². The molecule has 1 amide bonds. The van der Waals surface area contributed by atoms with Gasteiger partial charge in [0.1, 0.15) is 5.75 Å². The van der Waals surface area contributed by atoms with Gasteiger partial charge in [0.2, 0.25) is 0 Å². The zero-order valence-electron chi connectivity index (χ0n) is 13.6. The largest absolute Gasteiger partial charge is 0.491 e. The average Bonchev–Trinajstić information content (AvgIpc) is 2.93. The molecule has 1 aromatic heterocycles. The number of anilines is 1. The summed E-state index contributed by atoms with van der Waals surface area (Å²) >= 11 is 6.14. The molecular formula is C19H18ClNO3. The van der Waals surface area contributed by atoms with Crippen LogP contribution in [0.4, 0.5) is 5.69 Å². The number of para-hydroxylation sites is 3. The van der Waals surface area contributed by atoms with E-state index in [1.807, 2.05) is 44.2 Å². The van der Waals surface area contributed by atoms with Crippen LogP contribution in [-0.4, -0.2) is 12.5 Å². The van der Waals surface area contributed by atoms with Crippen LogP contribution in [0.1, 0.15) is 29.5 Å². The van der Waals surface area contributed by atoms with Gasteiger partial charge in [-0.25, -0.2) is 0 Å². The van der Waals surface area contributed by atoms with E-state index in [0.29, 0.717) is 28.6 Å². The van der Waals surface area contributed by atoms with Gasteiger partial charge in [0.15, 0.2) is 11.3 Å². The minimum Gasteiger partial charge on any atom is -0.491 e. The quantitative estimate of drug-likeness (QED) is 0.671. The number of ether oxygens (including phenoxy) is 1. The lowest BCUT2D eigenvalue weighted by Gasteiger charge is -2.11. The number of furan rings is 1. The second-order valence-electron chi connectivity index (χ2n) is 5.47. The van der Waals surface area contributed by atoms with Gasteiger partial charge in [-0.05, 0) is 31.5 Å². The summed E-state index contributed by atoms with van der Waals surface area (Å²) in [5.74, 6) is 0.565. The number of aryl methyl sites for hydroxylation is 1. The molecule has 0 saturated heterocycles. The van der Waals surface area contributed by atoms with Crippen molar-refractivity contribution in [3.05, 3.63) is 58.8 Å². The predicted octanol–water partition coefficient (Wildman–Crippen LogP) is 5.44. The summed E-state index contributed by atoms with van der Waals surface area (Å²) < 4.78 is 11.4. The molecule has 2 aromatic carbocycles. The molecule has 124 valence electrons. The van der Waals surface area contributed by atoms with Crippen molar-refractivity contribution in [3.63, 3.8) is 0 Å². The second kappa shape index (κ2) is 6.97. The zero-order chi connectivity index (χ0) is 17.1. The van der Waals surface area contributed by atoms with E-state index in [4.69, 9.17) is 20.8 Å². The number of hydrogen-bond donors (Lipinski definition) is 1. The molecule has 3 aromatic rings. The van der Waals surface area contributed by atoms with E-state index >= 15 is 0 Å². The SMILES string of the molecule is CCCOc1ccccc1NC(=O)c1oc2c(Cl)cccc2c1C. The van der Waals surface area contributed by atoms with Gasteiger partial charge in [-0.2, -0.15) is 0 Å². The summed E-state index contributed by atoms with van der Waals surface area (Å²) in [7, 11) is 0. The normalized spacial score (nSPS) is 10.8. The van der Waals surface area contributed by atoms with E-state index in [2.05, 4.69) is 5.32 Å². The lowest BCUT2D eigenvalue weighted by atomic mass is 10.1. The average molecular weight is 344 g/mol. The molecule has 5 heteroatoms. The van der Waals surface area contributed by atoms with Crippen LogP contribution >= 0.6 is 11.6 Å². The van der Waals surface area contributed by atoms with E-state index < -0.39 is 0 Å². The van der Waals surface area contributed by atoms with Crippen molar-refractivity contribution in [3.8, 4) is 5.75 Å². The van der Waals surface area contributed by atoms with Crippen LogP contribution < -0.4 is 10.1 Å². The minimum absolute atomic E-state index is 0.253. The molecule has 0 atom stereocenters. The van der Waals surface area contributed by atoms with Gasteiger partial charge < -0.3 is 14.5 Å². The Morgan fingerprint density at radius 2 is 2.00 bits per heavy atom. The highest BCUT2D eigenvalue weighted by Crippen LogP contribution is 2.32. The highest BCUT2D eigenvalue weighted by molar-refractivity contribution is 6.35. The van der Waals surface area contributed by atoms with Crippen LogP contribution in [0.2, 0.25) is 5.02 Å². The van der Waals surface area contributed by atoms with Gasteiger partial charge >= 0.3 is 0 Å². The first-order chi connectivity index (χ1) is 11.6. The number of fused-ring (bicyclic) bond motifs is 1. The number of carbonyl (C=O) groups is 1. The summed E-state index contributed by atoms with van der Waals surface area (Å²) in [6.45, 7) is 4.46. The Bertz CT molecular complexity index is 885. The second-order valence-corrected chi connectivity index (χ2v) is 5.88. The molecule has 0 aliphatic rings. The third kappa shape index (κ3) is 3.10.